The van der Waals surface area contributed by atoms with E-state index in [0.29, 0.717) is 18.8 Å². The Hall–Kier alpha value is -3.05. The monoisotopic (exact) mass is 347 g/mol. The van der Waals surface area contributed by atoms with Crippen molar-refractivity contribution in [2.45, 2.75) is 12.5 Å². The van der Waals surface area contributed by atoms with Crippen LogP contribution >= 0.6 is 0 Å². The summed E-state index contributed by atoms with van der Waals surface area (Å²) in [7, 11) is 1.53. The first-order valence-corrected chi connectivity index (χ1v) is 8.50. The first-order chi connectivity index (χ1) is 12.8. The molecule has 3 rings (SSSR count). The molecule has 5 heteroatoms. The van der Waals surface area contributed by atoms with Gasteiger partial charge in [-0.3, -0.25) is 4.79 Å². The highest BCUT2D eigenvalue weighted by Gasteiger charge is 2.19. The molecule has 0 aliphatic heterocycles. The Balaban J connectivity index is 1.59. The van der Waals surface area contributed by atoms with Crippen molar-refractivity contribution in [2.75, 3.05) is 13.7 Å². The number of benzene rings is 2. The van der Waals surface area contributed by atoms with Gasteiger partial charge in [-0.2, -0.15) is 0 Å². The van der Waals surface area contributed by atoms with E-state index in [1.165, 1.54) is 7.11 Å². The van der Waals surface area contributed by atoms with Crippen molar-refractivity contribution in [1.29, 1.82) is 0 Å². The van der Waals surface area contributed by atoms with E-state index in [9.17, 15) is 4.79 Å². The average molecular weight is 347 g/mol. The molecule has 0 saturated carbocycles. The Morgan fingerprint density at radius 1 is 1.04 bits per heavy atom. The van der Waals surface area contributed by atoms with Gasteiger partial charge in [0.25, 0.3) is 5.91 Å². The molecule has 1 N–H and O–H groups in total. The van der Waals surface area contributed by atoms with Crippen LogP contribution in [0.1, 0.15) is 17.5 Å². The van der Waals surface area contributed by atoms with Crippen LogP contribution < -0.4 is 5.32 Å². The third-order valence-electron chi connectivity index (χ3n) is 4.00. The van der Waals surface area contributed by atoms with Crippen molar-refractivity contribution in [3.8, 4) is 11.3 Å². The summed E-state index contributed by atoms with van der Waals surface area (Å²) >= 11 is 0. The Morgan fingerprint density at radius 3 is 2.42 bits per heavy atom. The number of aromatic nitrogens is 2. The summed E-state index contributed by atoms with van der Waals surface area (Å²) < 4.78 is 5.33. The topological polar surface area (TPSA) is 64.1 Å². The Morgan fingerprint density at radius 2 is 1.73 bits per heavy atom. The molecule has 132 valence electrons. The number of rotatable bonds is 7. The lowest BCUT2D eigenvalue weighted by Gasteiger charge is -2.15. The summed E-state index contributed by atoms with van der Waals surface area (Å²) in [5.74, 6) is 0.526. The van der Waals surface area contributed by atoms with Gasteiger partial charge in [0.1, 0.15) is 5.82 Å². The Kier molecular flexibility index (Phi) is 6.06. The first kappa shape index (κ1) is 17.8. The molecule has 1 aromatic heterocycles. The minimum Gasteiger partial charge on any atom is -0.367 e. The second-order valence-corrected chi connectivity index (χ2v) is 5.79. The highest BCUT2D eigenvalue weighted by Crippen LogP contribution is 2.17. The zero-order chi connectivity index (χ0) is 18.2. The van der Waals surface area contributed by atoms with Gasteiger partial charge in [-0.25, -0.2) is 9.97 Å². The van der Waals surface area contributed by atoms with Crippen molar-refractivity contribution < 1.29 is 9.53 Å². The smallest absolute Gasteiger partial charge is 0.253 e. The van der Waals surface area contributed by atoms with E-state index >= 15 is 0 Å². The molecule has 3 aromatic rings. The van der Waals surface area contributed by atoms with Gasteiger partial charge in [0.2, 0.25) is 0 Å². The number of nitrogens with one attached hydrogen (secondary N) is 1. The fraction of sp³-hybridized carbons (Fsp3) is 0.190. The molecule has 0 radical (unpaired) electrons. The number of carbonyl (C=O) groups excluding carboxylic acids is 1. The summed E-state index contributed by atoms with van der Waals surface area (Å²) in [4.78, 5) is 21.2. The molecular formula is C21H21N3O2. The van der Waals surface area contributed by atoms with Gasteiger partial charge < -0.3 is 10.1 Å². The fourth-order valence-corrected chi connectivity index (χ4v) is 2.70. The minimum atomic E-state index is -0.618. The standard InChI is InChI=1S/C21H21N3O2/c1-26-20(17-10-6-3-7-11-17)21(25)23-15-13-19-22-14-12-18(24-19)16-8-4-2-5-9-16/h2-12,14,20H,13,15H2,1H3,(H,23,25)/t20-/m1/s1. The van der Waals surface area contributed by atoms with E-state index in [1.54, 1.807) is 6.20 Å². The van der Waals surface area contributed by atoms with Crippen molar-refractivity contribution >= 4 is 5.91 Å². The van der Waals surface area contributed by atoms with Crippen molar-refractivity contribution in [3.63, 3.8) is 0 Å². The molecule has 26 heavy (non-hydrogen) atoms. The van der Waals surface area contributed by atoms with Gasteiger partial charge >= 0.3 is 0 Å². The highest BCUT2D eigenvalue weighted by molar-refractivity contribution is 5.82. The summed E-state index contributed by atoms with van der Waals surface area (Å²) in [5.41, 5.74) is 2.75. The lowest BCUT2D eigenvalue weighted by Crippen LogP contribution is -2.32. The lowest BCUT2D eigenvalue weighted by molar-refractivity contribution is -0.131. The number of amides is 1. The SMILES string of the molecule is CO[C@@H](C(=O)NCCc1nccc(-c2ccccc2)n1)c1ccccc1. The van der Waals surface area contributed by atoms with Crippen LogP contribution in [0.5, 0.6) is 0 Å². The number of ether oxygens (including phenoxy) is 1. The molecule has 0 fully saturated rings. The van der Waals surface area contributed by atoms with Crippen LogP contribution in [0.3, 0.4) is 0 Å². The van der Waals surface area contributed by atoms with Crippen LogP contribution in [-0.4, -0.2) is 29.5 Å². The zero-order valence-electron chi connectivity index (χ0n) is 14.6. The molecule has 0 bridgehead atoms. The number of methoxy groups -OCH3 is 1. The number of hydrogen-bond acceptors (Lipinski definition) is 4. The normalized spacial score (nSPS) is 11.7. The number of carbonyl (C=O) groups is 1. The van der Waals surface area contributed by atoms with Crippen LogP contribution in [0, 0.1) is 0 Å². The fourth-order valence-electron chi connectivity index (χ4n) is 2.70. The maximum absolute atomic E-state index is 12.4. The van der Waals surface area contributed by atoms with Gasteiger partial charge in [-0.1, -0.05) is 60.7 Å². The first-order valence-electron chi connectivity index (χ1n) is 8.50. The molecule has 0 aliphatic carbocycles. The molecule has 5 nitrogen and oxygen atoms in total. The lowest BCUT2D eigenvalue weighted by atomic mass is 10.1. The largest absolute Gasteiger partial charge is 0.367 e. The van der Waals surface area contributed by atoms with Gasteiger partial charge in [-0.05, 0) is 11.6 Å². The zero-order valence-corrected chi connectivity index (χ0v) is 14.6. The quantitative estimate of drug-likeness (QED) is 0.713. The number of nitrogens with zero attached hydrogens (tertiary/aromatic N) is 2. The van der Waals surface area contributed by atoms with E-state index in [-0.39, 0.29) is 5.91 Å². The van der Waals surface area contributed by atoms with E-state index in [1.807, 2.05) is 66.7 Å². The van der Waals surface area contributed by atoms with Gasteiger partial charge in [0.15, 0.2) is 6.10 Å². The van der Waals surface area contributed by atoms with E-state index < -0.39 is 6.10 Å². The van der Waals surface area contributed by atoms with Gasteiger partial charge in [0.05, 0.1) is 5.69 Å². The summed E-state index contributed by atoms with van der Waals surface area (Å²) in [6, 6.07) is 21.3. The molecule has 2 aromatic carbocycles. The van der Waals surface area contributed by atoms with Crippen LogP contribution in [0.4, 0.5) is 0 Å². The predicted molar refractivity (Wildman–Crippen MR) is 100 cm³/mol. The van der Waals surface area contributed by atoms with Crippen molar-refractivity contribution in [2.24, 2.45) is 0 Å². The maximum atomic E-state index is 12.4. The molecule has 1 atom stereocenters. The molecular weight excluding hydrogens is 326 g/mol. The third kappa shape index (κ3) is 4.52. The second-order valence-electron chi connectivity index (χ2n) is 5.79. The maximum Gasteiger partial charge on any atom is 0.253 e. The summed E-state index contributed by atoms with van der Waals surface area (Å²) in [5, 5.41) is 2.90. The van der Waals surface area contributed by atoms with Crippen molar-refractivity contribution in [1.82, 2.24) is 15.3 Å². The Labute approximate surface area is 153 Å². The van der Waals surface area contributed by atoms with E-state index in [0.717, 1.165) is 16.8 Å². The van der Waals surface area contributed by atoms with Gasteiger partial charge in [-0.15, -0.1) is 0 Å². The minimum absolute atomic E-state index is 0.169. The van der Waals surface area contributed by atoms with Crippen LogP contribution in [0.25, 0.3) is 11.3 Å². The highest BCUT2D eigenvalue weighted by atomic mass is 16.5. The second kappa shape index (κ2) is 8.87. The summed E-state index contributed by atoms with van der Waals surface area (Å²) in [6.45, 7) is 0.448. The molecule has 0 saturated heterocycles. The molecule has 0 spiro atoms. The van der Waals surface area contributed by atoms with Gasteiger partial charge in [0, 0.05) is 31.8 Å². The molecule has 1 heterocycles. The molecule has 1 amide bonds. The van der Waals surface area contributed by atoms with Crippen molar-refractivity contribution in [3.05, 3.63) is 84.3 Å². The third-order valence-corrected chi connectivity index (χ3v) is 4.00. The molecule has 0 unspecified atom stereocenters. The van der Waals surface area contributed by atoms with Crippen LogP contribution in [0.15, 0.2) is 72.9 Å². The number of hydrogen-bond donors (Lipinski definition) is 1. The average Bonchev–Trinajstić information content (AvgIpc) is 2.70. The predicted octanol–water partition coefficient (Wildman–Crippen LogP) is 3.19. The summed E-state index contributed by atoms with van der Waals surface area (Å²) in [6.07, 6.45) is 1.68. The van der Waals surface area contributed by atoms with Crippen LogP contribution in [-0.2, 0) is 16.0 Å². The van der Waals surface area contributed by atoms with Crippen LogP contribution in [0.2, 0.25) is 0 Å². The van der Waals surface area contributed by atoms with E-state index in [2.05, 4.69) is 15.3 Å². The Bertz CT molecular complexity index is 838. The molecule has 0 aliphatic rings. The van der Waals surface area contributed by atoms with E-state index in [4.69, 9.17) is 4.74 Å².